The van der Waals surface area contributed by atoms with Crippen LogP contribution in [0.1, 0.15) is 36.0 Å². The molecule has 0 bridgehead atoms. The predicted molar refractivity (Wildman–Crippen MR) is 75.1 cm³/mol. The van der Waals surface area contributed by atoms with Crippen LogP contribution in [0.25, 0.3) is 0 Å². The van der Waals surface area contributed by atoms with E-state index < -0.39 is 0 Å². The molecule has 0 aliphatic carbocycles. The predicted octanol–water partition coefficient (Wildman–Crippen LogP) is 2.83. The van der Waals surface area contributed by atoms with Gasteiger partial charge < -0.3 is 4.90 Å². The zero-order valence-electron chi connectivity index (χ0n) is 11.4. The lowest BCUT2D eigenvalue weighted by Gasteiger charge is -2.25. The summed E-state index contributed by atoms with van der Waals surface area (Å²) in [7, 11) is 0. The lowest BCUT2D eigenvalue weighted by Crippen LogP contribution is -2.24. The molecule has 0 unspecified atom stereocenters. The van der Waals surface area contributed by atoms with Crippen LogP contribution in [-0.2, 0) is 0 Å². The molecule has 1 aliphatic heterocycles. The number of aryl methyl sites for hydroxylation is 2. The van der Waals surface area contributed by atoms with Gasteiger partial charge in [-0.3, -0.25) is 4.98 Å². The number of aromatic nitrogens is 3. The third-order valence-corrected chi connectivity index (χ3v) is 3.59. The molecule has 4 nitrogen and oxygen atoms in total. The van der Waals surface area contributed by atoms with Crippen LogP contribution in [0.15, 0.2) is 30.6 Å². The van der Waals surface area contributed by atoms with Crippen LogP contribution in [0, 0.1) is 13.8 Å². The number of hydrogen-bond donors (Lipinski definition) is 0. The fraction of sp³-hybridized carbons (Fsp3) is 0.400. The van der Waals surface area contributed by atoms with Crippen molar-refractivity contribution < 1.29 is 0 Å². The van der Waals surface area contributed by atoms with E-state index in [2.05, 4.69) is 32.0 Å². The van der Waals surface area contributed by atoms with Crippen LogP contribution in [-0.4, -0.2) is 21.5 Å². The molecule has 3 heterocycles. The van der Waals surface area contributed by atoms with Gasteiger partial charge in [-0.1, -0.05) is 6.07 Å². The molecule has 0 spiro atoms. The van der Waals surface area contributed by atoms with E-state index >= 15 is 0 Å². The van der Waals surface area contributed by atoms with Gasteiger partial charge in [-0.15, -0.1) is 0 Å². The average Bonchev–Trinajstić information content (AvgIpc) is 2.88. The molecule has 0 radical (unpaired) electrons. The second kappa shape index (κ2) is 4.96. The number of anilines is 1. The number of rotatable bonds is 2. The summed E-state index contributed by atoms with van der Waals surface area (Å²) >= 11 is 0. The number of pyridine rings is 1. The summed E-state index contributed by atoms with van der Waals surface area (Å²) in [5, 5.41) is 0. The molecule has 2 aromatic rings. The molecule has 4 heteroatoms. The van der Waals surface area contributed by atoms with E-state index in [1.807, 2.05) is 26.0 Å². The van der Waals surface area contributed by atoms with Crippen LogP contribution in [0.2, 0.25) is 0 Å². The van der Waals surface area contributed by atoms with Crippen molar-refractivity contribution in [2.24, 2.45) is 0 Å². The minimum absolute atomic E-state index is 0.342. The van der Waals surface area contributed by atoms with Gasteiger partial charge in [0, 0.05) is 24.0 Å². The third kappa shape index (κ3) is 2.43. The molecule has 1 aliphatic rings. The lowest BCUT2D eigenvalue weighted by atomic mass is 10.1. The summed E-state index contributed by atoms with van der Waals surface area (Å²) in [6.45, 7) is 5.08. The zero-order chi connectivity index (χ0) is 13.2. The molecule has 19 heavy (non-hydrogen) atoms. The van der Waals surface area contributed by atoms with Crippen LogP contribution in [0.4, 0.5) is 5.82 Å². The highest BCUT2D eigenvalue weighted by atomic mass is 15.2. The summed E-state index contributed by atoms with van der Waals surface area (Å²) in [4.78, 5) is 15.6. The smallest absolute Gasteiger partial charge is 0.132 e. The minimum atomic E-state index is 0.342. The minimum Gasteiger partial charge on any atom is -0.348 e. The van der Waals surface area contributed by atoms with E-state index in [1.165, 1.54) is 6.42 Å². The largest absolute Gasteiger partial charge is 0.348 e. The summed E-state index contributed by atoms with van der Waals surface area (Å²) < 4.78 is 0. The summed E-state index contributed by atoms with van der Waals surface area (Å²) in [5.74, 6) is 1.01. The van der Waals surface area contributed by atoms with Crippen molar-refractivity contribution >= 4 is 5.82 Å². The molecule has 0 aromatic carbocycles. The Kier molecular flexibility index (Phi) is 3.15. The lowest BCUT2D eigenvalue weighted by molar-refractivity contribution is 0.684. The summed E-state index contributed by atoms with van der Waals surface area (Å²) in [5.41, 5.74) is 3.23. The Labute approximate surface area is 113 Å². The molecule has 2 aromatic heterocycles. The molecule has 1 saturated heterocycles. The van der Waals surface area contributed by atoms with Crippen LogP contribution >= 0.6 is 0 Å². The van der Waals surface area contributed by atoms with E-state index in [0.29, 0.717) is 6.04 Å². The van der Waals surface area contributed by atoms with Crippen molar-refractivity contribution in [1.29, 1.82) is 0 Å². The number of nitrogens with zero attached hydrogens (tertiary/aromatic N) is 4. The van der Waals surface area contributed by atoms with Gasteiger partial charge in [0.05, 0.1) is 11.7 Å². The van der Waals surface area contributed by atoms with Gasteiger partial charge >= 0.3 is 0 Å². The van der Waals surface area contributed by atoms with E-state index in [-0.39, 0.29) is 0 Å². The molecule has 1 fully saturated rings. The first-order chi connectivity index (χ1) is 9.24. The zero-order valence-corrected chi connectivity index (χ0v) is 11.4. The van der Waals surface area contributed by atoms with Gasteiger partial charge in [-0.25, -0.2) is 9.97 Å². The second-order valence-corrected chi connectivity index (χ2v) is 5.07. The first kappa shape index (κ1) is 12.1. The highest BCUT2D eigenvalue weighted by Gasteiger charge is 2.28. The first-order valence-electron chi connectivity index (χ1n) is 6.73. The molecule has 1 atom stereocenters. The number of hydrogen-bond acceptors (Lipinski definition) is 4. The molecule has 0 amide bonds. The second-order valence-electron chi connectivity index (χ2n) is 5.07. The van der Waals surface area contributed by atoms with E-state index in [0.717, 1.165) is 35.9 Å². The monoisotopic (exact) mass is 254 g/mol. The third-order valence-electron chi connectivity index (χ3n) is 3.59. The van der Waals surface area contributed by atoms with Gasteiger partial charge in [0.25, 0.3) is 0 Å². The molecule has 3 rings (SSSR count). The van der Waals surface area contributed by atoms with Gasteiger partial charge in [0.1, 0.15) is 12.1 Å². The fourth-order valence-corrected chi connectivity index (χ4v) is 2.70. The van der Waals surface area contributed by atoms with Gasteiger partial charge in [-0.2, -0.15) is 0 Å². The van der Waals surface area contributed by atoms with Gasteiger partial charge in [-0.05, 0) is 38.8 Å². The van der Waals surface area contributed by atoms with Crippen LogP contribution < -0.4 is 4.90 Å². The fourth-order valence-electron chi connectivity index (χ4n) is 2.70. The first-order valence-corrected chi connectivity index (χ1v) is 6.73. The molecule has 98 valence electrons. The van der Waals surface area contributed by atoms with Crippen LogP contribution in [0.3, 0.4) is 0 Å². The SMILES string of the molecule is Cc1cc(N2CCC[C@@H]2c2cccc(C)n2)ncn1. The topological polar surface area (TPSA) is 41.9 Å². The van der Waals surface area contributed by atoms with Crippen molar-refractivity contribution in [1.82, 2.24) is 15.0 Å². The maximum Gasteiger partial charge on any atom is 0.132 e. The highest BCUT2D eigenvalue weighted by Crippen LogP contribution is 2.34. The van der Waals surface area contributed by atoms with Crippen molar-refractivity contribution in [3.8, 4) is 0 Å². The van der Waals surface area contributed by atoms with Crippen molar-refractivity contribution in [2.45, 2.75) is 32.7 Å². The van der Waals surface area contributed by atoms with Crippen molar-refractivity contribution in [2.75, 3.05) is 11.4 Å². The van der Waals surface area contributed by atoms with E-state index in [4.69, 9.17) is 0 Å². The highest BCUT2D eigenvalue weighted by molar-refractivity contribution is 5.43. The molecular formula is C15H18N4. The summed E-state index contributed by atoms with van der Waals surface area (Å²) in [6.07, 6.45) is 3.96. The van der Waals surface area contributed by atoms with Crippen molar-refractivity contribution in [3.63, 3.8) is 0 Å². The van der Waals surface area contributed by atoms with E-state index in [9.17, 15) is 0 Å². The Morgan fingerprint density at radius 2 is 2.05 bits per heavy atom. The van der Waals surface area contributed by atoms with E-state index in [1.54, 1.807) is 6.33 Å². The maximum atomic E-state index is 4.67. The van der Waals surface area contributed by atoms with Crippen LogP contribution in [0.5, 0.6) is 0 Å². The van der Waals surface area contributed by atoms with Crippen molar-refractivity contribution in [3.05, 3.63) is 47.7 Å². The Morgan fingerprint density at radius 3 is 2.84 bits per heavy atom. The normalized spacial score (nSPS) is 18.8. The van der Waals surface area contributed by atoms with Gasteiger partial charge in [0.2, 0.25) is 0 Å². The molecule has 0 N–H and O–H groups in total. The average molecular weight is 254 g/mol. The quantitative estimate of drug-likeness (QED) is 0.826. The Morgan fingerprint density at radius 1 is 1.16 bits per heavy atom. The Hall–Kier alpha value is -1.97. The Bertz CT molecular complexity index is 530. The molecule has 0 saturated carbocycles. The standard InChI is InChI=1S/C15H18N4/c1-11-5-3-6-13(18-11)14-7-4-8-19(14)15-9-12(2)16-10-17-15/h3,5-6,9-10,14H,4,7-8H2,1-2H3/t14-/m1/s1. The van der Waals surface area contributed by atoms with Gasteiger partial charge in [0.15, 0.2) is 0 Å². The maximum absolute atomic E-state index is 4.67. The Balaban J connectivity index is 1.93. The molecular weight excluding hydrogens is 236 g/mol. The summed E-state index contributed by atoms with van der Waals surface area (Å²) in [6, 6.07) is 8.63.